The Morgan fingerprint density at radius 3 is 1.72 bits per heavy atom. The van der Waals surface area contributed by atoms with Gasteiger partial charge in [-0.1, -0.05) is 147 Å². The van der Waals surface area contributed by atoms with Crippen LogP contribution in [0.3, 0.4) is 0 Å². The molecule has 0 amide bonds. The lowest BCUT2D eigenvalue weighted by molar-refractivity contribution is 0.504. The third-order valence-electron chi connectivity index (χ3n) is 3.27. The van der Waals surface area contributed by atoms with E-state index in [0.29, 0.717) is 6.54 Å². The molecule has 0 aromatic carbocycles. The van der Waals surface area contributed by atoms with Gasteiger partial charge in [0.25, 0.3) is 0 Å². The van der Waals surface area contributed by atoms with Crippen molar-refractivity contribution in [1.82, 2.24) is 15.0 Å². The molecule has 0 aliphatic carbocycles. The lowest BCUT2D eigenvalue weighted by atomic mass is 10.1. The number of aryl methyl sites for hydroxylation is 1. The summed E-state index contributed by atoms with van der Waals surface area (Å²) in [6.07, 6.45) is 3.78. The third-order valence-corrected chi connectivity index (χ3v) is 7.98. The van der Waals surface area contributed by atoms with Gasteiger partial charge in [-0.15, -0.1) is 5.10 Å². The molecule has 0 aliphatic rings. The van der Waals surface area contributed by atoms with E-state index >= 15 is 0 Å². The van der Waals surface area contributed by atoms with E-state index in [1.807, 2.05) is 0 Å². The number of halogens is 10. The van der Waals surface area contributed by atoms with Gasteiger partial charge in [-0.2, -0.15) is 0 Å². The molecule has 0 saturated heterocycles. The first-order valence-corrected chi connectivity index (χ1v) is 10.8. The van der Waals surface area contributed by atoms with Gasteiger partial charge in [0.1, 0.15) is 11.4 Å². The van der Waals surface area contributed by atoms with E-state index in [0.717, 1.165) is 25.7 Å². The Morgan fingerprint density at radius 1 is 0.760 bits per heavy atom. The molecule has 1 rings (SSSR count). The zero-order valence-corrected chi connectivity index (χ0v) is 20.2. The smallest absolute Gasteiger partial charge is 0.228 e. The highest BCUT2D eigenvalue weighted by molar-refractivity contribution is 6.76. The SMILES string of the molecule is CCCCCCn1nnc(C(Cl)(Cl)C(Cl)(Cl)Cl)c1C(Cl)(Cl)C(Cl)(Cl)Cl. The number of hydrogen-bond donors (Lipinski definition) is 0. The quantitative estimate of drug-likeness (QED) is 0.254. The van der Waals surface area contributed by atoms with Gasteiger partial charge in [0.15, 0.2) is 0 Å². The highest BCUT2D eigenvalue weighted by Crippen LogP contribution is 2.59. The zero-order valence-electron chi connectivity index (χ0n) is 12.7. The predicted molar refractivity (Wildman–Crippen MR) is 112 cm³/mol. The third kappa shape index (κ3) is 5.78. The van der Waals surface area contributed by atoms with Gasteiger partial charge in [0, 0.05) is 6.54 Å². The van der Waals surface area contributed by atoms with E-state index in [1.165, 1.54) is 4.68 Å². The predicted octanol–water partition coefficient (Wildman–Crippen LogP) is 7.86. The van der Waals surface area contributed by atoms with Crippen molar-refractivity contribution in [3.05, 3.63) is 11.4 Å². The van der Waals surface area contributed by atoms with Gasteiger partial charge in [-0.25, -0.2) is 4.68 Å². The van der Waals surface area contributed by atoms with E-state index in [2.05, 4.69) is 17.2 Å². The summed E-state index contributed by atoms with van der Waals surface area (Å²) in [5, 5.41) is 7.83. The Labute approximate surface area is 196 Å². The summed E-state index contributed by atoms with van der Waals surface area (Å²) in [4.78, 5) is 0. The van der Waals surface area contributed by atoms with Crippen molar-refractivity contribution >= 4 is 116 Å². The van der Waals surface area contributed by atoms with E-state index in [1.54, 1.807) is 0 Å². The van der Waals surface area contributed by atoms with Crippen molar-refractivity contribution in [3.63, 3.8) is 0 Å². The second-order valence-electron chi connectivity index (χ2n) is 5.21. The number of nitrogens with zero attached hydrogens (tertiary/aromatic N) is 3. The molecule has 0 fully saturated rings. The molecule has 0 saturated carbocycles. The lowest BCUT2D eigenvalue weighted by Gasteiger charge is -2.32. The molecule has 0 unspecified atom stereocenters. The number of alkyl halides is 10. The van der Waals surface area contributed by atoms with Crippen LogP contribution in [0.15, 0.2) is 0 Å². The topological polar surface area (TPSA) is 30.7 Å². The molecule has 25 heavy (non-hydrogen) atoms. The van der Waals surface area contributed by atoms with Crippen molar-refractivity contribution in [2.24, 2.45) is 0 Å². The lowest BCUT2D eigenvalue weighted by Crippen LogP contribution is -2.37. The standard InChI is InChI=1S/C12H13Cl10N3/c1-2-3-4-5-6-25-8(10(15,16)12(20,21)22)7(23-24-25)9(13,14)11(17,18)19/h2-6H2,1H3. The second kappa shape index (κ2) is 9.24. The fraction of sp³-hybridized carbons (Fsp3) is 0.833. The number of unbranched alkanes of at least 4 members (excludes halogenated alkanes) is 3. The van der Waals surface area contributed by atoms with Crippen molar-refractivity contribution < 1.29 is 0 Å². The van der Waals surface area contributed by atoms with Crippen LogP contribution in [0.4, 0.5) is 0 Å². The summed E-state index contributed by atoms with van der Waals surface area (Å²) < 4.78 is -7.23. The Morgan fingerprint density at radius 2 is 1.28 bits per heavy atom. The molecular weight excluding hydrogens is 541 g/mol. The monoisotopic (exact) mass is 549 g/mol. The molecule has 146 valence electrons. The molecule has 1 heterocycles. The molecular formula is C12H13Cl10N3. The van der Waals surface area contributed by atoms with Crippen LogP contribution in [0.2, 0.25) is 0 Å². The minimum Gasteiger partial charge on any atom is -0.246 e. The van der Waals surface area contributed by atoms with Gasteiger partial charge in [-0.05, 0) is 6.42 Å². The number of hydrogen-bond acceptors (Lipinski definition) is 2. The highest BCUT2D eigenvalue weighted by Gasteiger charge is 2.58. The maximum absolute atomic E-state index is 6.31. The normalized spacial score (nSPS) is 14.2. The molecule has 0 spiro atoms. The first kappa shape index (κ1) is 25.1. The Balaban J connectivity index is 3.43. The van der Waals surface area contributed by atoms with Gasteiger partial charge >= 0.3 is 0 Å². The molecule has 1 aromatic rings. The van der Waals surface area contributed by atoms with E-state index in [-0.39, 0.29) is 11.4 Å². The van der Waals surface area contributed by atoms with Crippen LogP contribution in [0.25, 0.3) is 0 Å². The summed E-state index contributed by atoms with van der Waals surface area (Å²) in [7, 11) is 0. The van der Waals surface area contributed by atoms with Crippen LogP contribution >= 0.6 is 116 Å². The van der Waals surface area contributed by atoms with Gasteiger partial charge in [0.05, 0.1) is 0 Å². The summed E-state index contributed by atoms with van der Waals surface area (Å²) in [5.41, 5.74) is -0.258. The molecule has 0 N–H and O–H groups in total. The largest absolute Gasteiger partial charge is 0.246 e. The molecule has 1 aromatic heterocycles. The maximum atomic E-state index is 6.31. The van der Waals surface area contributed by atoms with Crippen molar-refractivity contribution in [2.45, 2.75) is 55.4 Å². The van der Waals surface area contributed by atoms with Crippen LogP contribution in [0.5, 0.6) is 0 Å². The Hall–Kier alpha value is 2.04. The summed E-state index contributed by atoms with van der Waals surface area (Å²) >= 11 is 60.4. The summed E-state index contributed by atoms with van der Waals surface area (Å²) in [5.74, 6) is 0. The van der Waals surface area contributed by atoms with E-state index < -0.39 is 16.3 Å². The average Bonchev–Trinajstić information content (AvgIpc) is 2.86. The molecule has 3 nitrogen and oxygen atoms in total. The maximum Gasteiger partial charge on any atom is 0.228 e. The second-order valence-corrected chi connectivity index (χ2v) is 12.4. The highest BCUT2D eigenvalue weighted by atomic mass is 35.6. The Bertz CT molecular complexity index is 573. The van der Waals surface area contributed by atoms with Crippen molar-refractivity contribution in [3.8, 4) is 0 Å². The fourth-order valence-electron chi connectivity index (χ4n) is 1.95. The van der Waals surface area contributed by atoms with E-state index in [4.69, 9.17) is 116 Å². The average molecular weight is 554 g/mol. The Kier molecular flexibility index (Phi) is 9.27. The summed E-state index contributed by atoms with van der Waals surface area (Å²) in [6, 6.07) is 0. The van der Waals surface area contributed by atoms with Crippen LogP contribution in [0, 0.1) is 0 Å². The van der Waals surface area contributed by atoms with Crippen LogP contribution in [0.1, 0.15) is 44.0 Å². The zero-order chi connectivity index (χ0) is 19.7. The minimum absolute atomic E-state index is 0.0522. The van der Waals surface area contributed by atoms with Crippen LogP contribution < -0.4 is 0 Å². The molecule has 0 radical (unpaired) electrons. The number of aromatic nitrogens is 3. The molecule has 0 bridgehead atoms. The van der Waals surface area contributed by atoms with Gasteiger partial charge in [-0.3, -0.25) is 0 Å². The molecule has 0 aliphatic heterocycles. The first-order chi connectivity index (χ1) is 11.2. The van der Waals surface area contributed by atoms with Crippen LogP contribution in [-0.2, 0) is 15.2 Å². The van der Waals surface area contributed by atoms with E-state index in [9.17, 15) is 0 Å². The van der Waals surface area contributed by atoms with Crippen LogP contribution in [-0.4, -0.2) is 22.6 Å². The first-order valence-electron chi connectivity index (χ1n) is 7.01. The van der Waals surface area contributed by atoms with Gasteiger partial charge in [0.2, 0.25) is 16.3 Å². The van der Waals surface area contributed by atoms with Gasteiger partial charge < -0.3 is 0 Å². The molecule has 13 heteroatoms. The summed E-state index contributed by atoms with van der Waals surface area (Å²) in [6.45, 7) is 2.47. The molecule has 0 atom stereocenters. The number of rotatable bonds is 7. The van der Waals surface area contributed by atoms with Crippen molar-refractivity contribution in [2.75, 3.05) is 0 Å². The fourth-order valence-corrected chi connectivity index (χ4v) is 3.11. The van der Waals surface area contributed by atoms with Crippen molar-refractivity contribution in [1.29, 1.82) is 0 Å². The minimum atomic E-state index is -2.18.